The summed E-state index contributed by atoms with van der Waals surface area (Å²) in [6, 6.07) is 46.2. The molecule has 47 heavy (non-hydrogen) atoms. The third kappa shape index (κ3) is 4.52. The van der Waals surface area contributed by atoms with Gasteiger partial charge in [0.05, 0.1) is 29.0 Å². The molecule has 0 unspecified atom stereocenters. The van der Waals surface area contributed by atoms with Crippen molar-refractivity contribution in [3.63, 3.8) is 0 Å². The van der Waals surface area contributed by atoms with Crippen molar-refractivity contribution in [2.45, 2.75) is 6.54 Å². The zero-order valence-corrected chi connectivity index (χ0v) is 26.8. The molecular formula is C43H31N3S. The average Bonchev–Trinajstić information content (AvgIpc) is 3.68. The van der Waals surface area contributed by atoms with Gasteiger partial charge in [0.2, 0.25) is 0 Å². The summed E-state index contributed by atoms with van der Waals surface area (Å²) in [5, 5.41) is 11.3. The Hall–Kier alpha value is -5.71. The molecule has 0 bridgehead atoms. The molecule has 1 N–H and O–H groups in total. The molecular weight excluding hydrogens is 591 g/mol. The maximum absolute atomic E-state index is 5.07. The number of rotatable bonds is 5. The molecule has 0 amide bonds. The molecule has 0 spiro atoms. The van der Waals surface area contributed by atoms with Crippen molar-refractivity contribution in [3.8, 4) is 5.69 Å². The molecule has 8 aromatic rings. The Morgan fingerprint density at radius 2 is 1.34 bits per heavy atom. The summed E-state index contributed by atoms with van der Waals surface area (Å²) in [6.07, 6.45) is 8.36. The summed E-state index contributed by atoms with van der Waals surface area (Å²) < 4.78 is 5.08. The first-order valence-electron chi connectivity index (χ1n) is 16.0. The number of aliphatic imine (C=N–C) groups is 1. The molecule has 6 aromatic carbocycles. The lowest BCUT2D eigenvalue weighted by atomic mass is 9.98. The van der Waals surface area contributed by atoms with Crippen LogP contribution in [0.2, 0.25) is 0 Å². The molecule has 9 rings (SSSR count). The quantitative estimate of drug-likeness (QED) is 0.204. The van der Waals surface area contributed by atoms with E-state index in [0.29, 0.717) is 6.54 Å². The van der Waals surface area contributed by atoms with Crippen LogP contribution in [0.4, 0.5) is 0 Å². The van der Waals surface area contributed by atoms with E-state index >= 15 is 0 Å². The van der Waals surface area contributed by atoms with Crippen LogP contribution in [0, 0.1) is 0 Å². The van der Waals surface area contributed by atoms with Crippen LogP contribution in [0.5, 0.6) is 0 Å². The fraction of sp³-hybridized carbons (Fsp3) is 0.0465. The maximum atomic E-state index is 5.07. The van der Waals surface area contributed by atoms with Crippen molar-refractivity contribution in [1.82, 2.24) is 9.88 Å². The van der Waals surface area contributed by atoms with Gasteiger partial charge in [-0.15, -0.1) is 11.3 Å². The minimum atomic E-state index is 0.603. The van der Waals surface area contributed by atoms with E-state index in [2.05, 4.69) is 156 Å². The van der Waals surface area contributed by atoms with Crippen LogP contribution in [0.3, 0.4) is 0 Å². The zero-order chi connectivity index (χ0) is 31.3. The molecule has 2 heterocycles. The van der Waals surface area contributed by atoms with Crippen LogP contribution in [0.15, 0.2) is 162 Å². The standard InChI is InChI=1S/C43H31N3S/c1-44-43(29-11-3-2-4-12-29)33-13-5-8-16-36(33)45-27-28-19-21-30(22-20-28)46-37-17-9-6-14-34(37)41-31-24-26-40-42(32(31)23-25-38(41)46)35-15-7-10-18-39(35)47-40/h2-26,44H,27H2,1H3/b43-33-,45-36-. The van der Waals surface area contributed by atoms with Gasteiger partial charge < -0.3 is 9.88 Å². The van der Waals surface area contributed by atoms with Crippen LogP contribution < -0.4 is 5.32 Å². The monoisotopic (exact) mass is 621 g/mol. The normalized spacial score (nSPS) is 15.1. The maximum Gasteiger partial charge on any atom is 0.0671 e. The van der Waals surface area contributed by atoms with Crippen molar-refractivity contribution in [2.75, 3.05) is 7.05 Å². The SMILES string of the molecule is CN/C(=C1/C=CC=C/C1=N/Cc1ccc(-n2c3ccccc3c3c4ccc5sc6ccccc6c5c4ccc32)cc1)c1ccccc1. The van der Waals surface area contributed by atoms with Crippen molar-refractivity contribution >= 4 is 75.5 Å². The Bertz CT molecular complexity index is 2610. The van der Waals surface area contributed by atoms with Gasteiger partial charge in [-0.1, -0.05) is 109 Å². The molecule has 2 aromatic heterocycles. The largest absolute Gasteiger partial charge is 0.387 e. The molecule has 0 saturated carbocycles. The molecule has 4 heteroatoms. The van der Waals surface area contributed by atoms with E-state index in [4.69, 9.17) is 4.99 Å². The van der Waals surface area contributed by atoms with Crippen molar-refractivity contribution in [3.05, 3.63) is 168 Å². The second-order valence-corrected chi connectivity index (χ2v) is 13.0. The molecule has 0 aliphatic heterocycles. The number of benzene rings is 6. The first-order valence-corrected chi connectivity index (χ1v) is 16.8. The summed E-state index contributed by atoms with van der Waals surface area (Å²) in [5.41, 5.74) is 9.06. The number of nitrogens with zero attached hydrogens (tertiary/aromatic N) is 2. The lowest BCUT2D eigenvalue weighted by Crippen LogP contribution is -2.13. The van der Waals surface area contributed by atoms with Crippen molar-refractivity contribution in [1.29, 1.82) is 0 Å². The van der Waals surface area contributed by atoms with Crippen LogP contribution >= 0.6 is 11.3 Å². The van der Waals surface area contributed by atoms with Crippen LogP contribution in [0.25, 0.3) is 64.1 Å². The fourth-order valence-electron chi connectivity index (χ4n) is 7.16. The highest BCUT2D eigenvalue weighted by atomic mass is 32.1. The third-order valence-electron chi connectivity index (χ3n) is 9.28. The van der Waals surface area contributed by atoms with Gasteiger partial charge in [-0.25, -0.2) is 0 Å². The number of aromatic nitrogens is 1. The summed E-state index contributed by atoms with van der Waals surface area (Å²) in [5.74, 6) is 0. The predicted molar refractivity (Wildman–Crippen MR) is 203 cm³/mol. The Morgan fingerprint density at radius 3 is 2.19 bits per heavy atom. The molecule has 3 nitrogen and oxygen atoms in total. The van der Waals surface area contributed by atoms with E-state index in [1.807, 2.05) is 24.5 Å². The van der Waals surface area contributed by atoms with E-state index in [-0.39, 0.29) is 0 Å². The lowest BCUT2D eigenvalue weighted by molar-refractivity contribution is 1.06. The summed E-state index contributed by atoms with van der Waals surface area (Å²) >= 11 is 1.88. The second-order valence-electron chi connectivity index (χ2n) is 11.9. The highest BCUT2D eigenvalue weighted by Gasteiger charge is 2.17. The first kappa shape index (κ1) is 27.6. The second kappa shape index (κ2) is 11.3. The van der Waals surface area contributed by atoms with E-state index in [1.165, 1.54) is 58.3 Å². The Kier molecular flexibility index (Phi) is 6.61. The number of hydrogen-bond donors (Lipinski definition) is 1. The predicted octanol–water partition coefficient (Wildman–Crippen LogP) is 11.0. The fourth-order valence-corrected chi connectivity index (χ4v) is 8.29. The number of fused-ring (bicyclic) bond motifs is 9. The number of thiophene rings is 1. The molecule has 0 atom stereocenters. The molecule has 1 aliphatic carbocycles. The van der Waals surface area contributed by atoms with Gasteiger partial charge in [-0.05, 0) is 64.4 Å². The molecule has 1 aliphatic rings. The van der Waals surface area contributed by atoms with Crippen LogP contribution in [-0.4, -0.2) is 17.3 Å². The van der Waals surface area contributed by atoms with E-state index in [9.17, 15) is 0 Å². The molecule has 224 valence electrons. The first-order chi connectivity index (χ1) is 23.3. The van der Waals surface area contributed by atoms with Gasteiger partial charge in [0.1, 0.15) is 0 Å². The topological polar surface area (TPSA) is 29.3 Å². The highest BCUT2D eigenvalue weighted by Crippen LogP contribution is 2.43. The smallest absolute Gasteiger partial charge is 0.0671 e. The number of hydrogen-bond acceptors (Lipinski definition) is 3. The highest BCUT2D eigenvalue weighted by molar-refractivity contribution is 7.26. The number of nitrogens with one attached hydrogen (secondary N) is 1. The van der Waals surface area contributed by atoms with Gasteiger partial charge >= 0.3 is 0 Å². The van der Waals surface area contributed by atoms with Crippen LogP contribution in [0.1, 0.15) is 11.1 Å². The Balaban J connectivity index is 1.12. The molecule has 0 fully saturated rings. The molecule has 0 saturated heterocycles. The van der Waals surface area contributed by atoms with E-state index in [0.717, 1.165) is 28.2 Å². The van der Waals surface area contributed by atoms with Crippen molar-refractivity contribution < 1.29 is 0 Å². The summed E-state index contributed by atoms with van der Waals surface area (Å²) in [7, 11) is 1.97. The summed E-state index contributed by atoms with van der Waals surface area (Å²) in [4.78, 5) is 5.07. The third-order valence-corrected chi connectivity index (χ3v) is 10.4. The minimum absolute atomic E-state index is 0.603. The van der Waals surface area contributed by atoms with E-state index in [1.54, 1.807) is 0 Å². The number of allylic oxidation sites excluding steroid dienone is 5. The zero-order valence-electron chi connectivity index (χ0n) is 25.9. The Morgan fingerprint density at radius 1 is 0.617 bits per heavy atom. The van der Waals surface area contributed by atoms with Gasteiger partial charge in [-0.2, -0.15) is 0 Å². The van der Waals surface area contributed by atoms with Gasteiger partial charge in [0.15, 0.2) is 0 Å². The number of para-hydroxylation sites is 1. The van der Waals surface area contributed by atoms with Crippen molar-refractivity contribution in [2.24, 2.45) is 4.99 Å². The van der Waals surface area contributed by atoms with Crippen LogP contribution in [-0.2, 0) is 6.54 Å². The Labute approximate surface area is 277 Å². The minimum Gasteiger partial charge on any atom is -0.387 e. The summed E-state index contributed by atoms with van der Waals surface area (Å²) in [6.45, 7) is 0.603. The van der Waals surface area contributed by atoms with E-state index < -0.39 is 0 Å². The average molecular weight is 622 g/mol. The van der Waals surface area contributed by atoms with Gasteiger partial charge in [-0.3, -0.25) is 4.99 Å². The lowest BCUT2D eigenvalue weighted by Gasteiger charge is -2.15. The molecule has 0 radical (unpaired) electrons. The van der Waals surface area contributed by atoms with Gasteiger partial charge in [0.25, 0.3) is 0 Å². The van der Waals surface area contributed by atoms with Gasteiger partial charge in [0, 0.05) is 49.3 Å².